The Hall–Kier alpha value is -3.34. The van der Waals surface area contributed by atoms with Crippen LogP contribution < -0.4 is 21.1 Å². The molecule has 33 heavy (non-hydrogen) atoms. The number of hydrogen-bond donors (Lipinski definition) is 3. The molecule has 2 amide bonds. The van der Waals surface area contributed by atoms with Gasteiger partial charge in [-0.1, -0.05) is 42.0 Å². The molecule has 176 valence electrons. The number of nitrogens with two attached hydrogens (primary N) is 1. The van der Waals surface area contributed by atoms with Crippen LogP contribution in [0, 0.1) is 18.3 Å². The van der Waals surface area contributed by atoms with Gasteiger partial charge in [0.25, 0.3) is 5.91 Å². The minimum Gasteiger partial charge on any atom is -0.491 e. The maximum atomic E-state index is 12.3. The summed E-state index contributed by atoms with van der Waals surface area (Å²) in [7, 11) is 0. The zero-order valence-electron chi connectivity index (χ0n) is 19.3. The fourth-order valence-corrected chi connectivity index (χ4v) is 2.71. The lowest BCUT2D eigenvalue weighted by Crippen LogP contribution is -2.44. The van der Waals surface area contributed by atoms with Gasteiger partial charge in [-0.3, -0.25) is 9.59 Å². The lowest BCUT2D eigenvalue weighted by atomic mass is 10.1. The third-order valence-electron chi connectivity index (χ3n) is 4.38. The van der Waals surface area contributed by atoms with Crippen molar-refractivity contribution in [1.29, 1.82) is 5.26 Å². The Morgan fingerprint density at radius 1 is 1.18 bits per heavy atom. The van der Waals surface area contributed by atoms with E-state index in [2.05, 4.69) is 10.6 Å². The van der Waals surface area contributed by atoms with Crippen molar-refractivity contribution in [1.82, 2.24) is 10.6 Å². The zero-order valence-corrected chi connectivity index (χ0v) is 20.2. The number of hydrogen-bond acceptors (Lipinski definition) is 5. The van der Waals surface area contributed by atoms with Crippen molar-refractivity contribution in [3.8, 4) is 11.8 Å². The summed E-state index contributed by atoms with van der Waals surface area (Å²) in [6.07, 6.45) is 1.49. The largest absolute Gasteiger partial charge is 0.491 e. The van der Waals surface area contributed by atoms with Gasteiger partial charge in [-0.2, -0.15) is 5.26 Å². The molecule has 0 saturated carbocycles. The molecule has 1 atom stereocenters. The SMILES string of the molecule is Cc1ccc(CNC(=O)C(N)COc2cccc(C=C(C#N)C(=O)NC(C)(C)C)c2)cc1.Cl. The van der Waals surface area contributed by atoms with Crippen LogP contribution in [0.4, 0.5) is 0 Å². The first kappa shape index (κ1) is 27.7. The molecule has 2 aromatic carbocycles. The van der Waals surface area contributed by atoms with Crippen molar-refractivity contribution < 1.29 is 14.3 Å². The summed E-state index contributed by atoms with van der Waals surface area (Å²) in [5.74, 6) is -0.278. The summed E-state index contributed by atoms with van der Waals surface area (Å²) in [4.78, 5) is 24.5. The van der Waals surface area contributed by atoms with Gasteiger partial charge in [0.15, 0.2) is 0 Å². The highest BCUT2D eigenvalue weighted by Gasteiger charge is 2.17. The van der Waals surface area contributed by atoms with Gasteiger partial charge in [-0.15, -0.1) is 12.4 Å². The van der Waals surface area contributed by atoms with E-state index in [1.807, 2.05) is 58.0 Å². The molecule has 4 N–H and O–H groups in total. The van der Waals surface area contributed by atoms with Crippen molar-refractivity contribution in [3.63, 3.8) is 0 Å². The maximum absolute atomic E-state index is 12.3. The van der Waals surface area contributed by atoms with Gasteiger partial charge in [0.2, 0.25) is 5.91 Å². The van der Waals surface area contributed by atoms with E-state index in [1.165, 1.54) is 6.08 Å². The van der Waals surface area contributed by atoms with Crippen LogP contribution in [0.1, 0.15) is 37.5 Å². The summed E-state index contributed by atoms with van der Waals surface area (Å²) in [5, 5.41) is 14.9. The highest BCUT2D eigenvalue weighted by atomic mass is 35.5. The van der Waals surface area contributed by atoms with Crippen molar-refractivity contribution in [2.24, 2.45) is 5.73 Å². The number of rotatable bonds is 8. The first-order chi connectivity index (χ1) is 15.1. The Bertz CT molecular complexity index is 1020. The molecule has 0 heterocycles. The predicted molar refractivity (Wildman–Crippen MR) is 132 cm³/mol. The monoisotopic (exact) mass is 470 g/mol. The first-order valence-electron chi connectivity index (χ1n) is 10.3. The van der Waals surface area contributed by atoms with Gasteiger partial charge in [0.1, 0.15) is 30.0 Å². The van der Waals surface area contributed by atoms with Crippen LogP contribution in [-0.4, -0.2) is 30.0 Å². The average molecular weight is 471 g/mol. The third kappa shape index (κ3) is 9.77. The second kappa shape index (κ2) is 12.6. The molecule has 0 fully saturated rings. The van der Waals surface area contributed by atoms with Crippen molar-refractivity contribution in [3.05, 3.63) is 70.8 Å². The average Bonchev–Trinajstić information content (AvgIpc) is 2.74. The molecule has 0 radical (unpaired) electrons. The summed E-state index contributed by atoms with van der Waals surface area (Å²) < 4.78 is 5.66. The Kier molecular flexibility index (Phi) is 10.6. The predicted octanol–water partition coefficient (Wildman–Crippen LogP) is 3.26. The molecule has 2 aromatic rings. The highest BCUT2D eigenvalue weighted by Crippen LogP contribution is 2.16. The summed E-state index contributed by atoms with van der Waals surface area (Å²) in [5.41, 5.74) is 8.25. The van der Waals surface area contributed by atoms with Gasteiger partial charge < -0.3 is 21.1 Å². The van der Waals surface area contributed by atoms with E-state index >= 15 is 0 Å². The molecule has 8 heteroatoms. The molecule has 7 nitrogen and oxygen atoms in total. The number of aryl methyl sites for hydroxylation is 1. The number of ether oxygens (including phenoxy) is 1. The van der Waals surface area contributed by atoms with Gasteiger partial charge >= 0.3 is 0 Å². The van der Waals surface area contributed by atoms with Gasteiger partial charge in [-0.25, -0.2) is 0 Å². The molecule has 0 bridgehead atoms. The number of amides is 2. The van der Waals surface area contributed by atoms with Gasteiger partial charge in [0.05, 0.1) is 0 Å². The number of carbonyl (C=O) groups is 2. The molecule has 0 aromatic heterocycles. The van der Waals surface area contributed by atoms with Crippen LogP contribution in [-0.2, 0) is 16.1 Å². The van der Waals surface area contributed by atoms with Crippen LogP contribution in [0.25, 0.3) is 6.08 Å². The third-order valence-corrected chi connectivity index (χ3v) is 4.38. The molecule has 0 spiro atoms. The number of nitriles is 1. The molecular formula is C25H31ClN4O3. The standard InChI is InChI=1S/C25H30N4O3.ClH/c1-17-8-10-18(11-9-17)15-28-24(31)22(27)16-32-21-7-5-6-19(13-21)12-20(14-26)23(30)29-25(2,3)4;/h5-13,22H,15-16,27H2,1-4H3,(H,28,31)(H,29,30);1H. The van der Waals surface area contributed by atoms with Crippen LogP contribution >= 0.6 is 12.4 Å². The van der Waals surface area contributed by atoms with Crippen molar-refractivity contribution >= 4 is 30.3 Å². The van der Waals surface area contributed by atoms with Crippen molar-refractivity contribution in [2.75, 3.05) is 6.61 Å². The Morgan fingerprint density at radius 3 is 2.45 bits per heavy atom. The van der Waals surface area contributed by atoms with E-state index in [0.29, 0.717) is 17.9 Å². The van der Waals surface area contributed by atoms with Crippen LogP contribution in [0.2, 0.25) is 0 Å². The Labute approximate surface area is 201 Å². The van der Waals surface area contributed by atoms with E-state index in [9.17, 15) is 14.9 Å². The molecular weight excluding hydrogens is 440 g/mol. The number of carbonyl (C=O) groups excluding carboxylic acids is 2. The fraction of sp³-hybridized carbons (Fsp3) is 0.320. The first-order valence-corrected chi connectivity index (χ1v) is 10.3. The summed E-state index contributed by atoms with van der Waals surface area (Å²) in [6.45, 7) is 7.91. The smallest absolute Gasteiger partial charge is 0.262 e. The van der Waals surface area contributed by atoms with E-state index in [1.54, 1.807) is 24.3 Å². The van der Waals surface area contributed by atoms with E-state index in [-0.39, 0.29) is 30.5 Å². The lowest BCUT2D eigenvalue weighted by molar-refractivity contribution is -0.123. The fourth-order valence-electron chi connectivity index (χ4n) is 2.71. The minimum atomic E-state index is -0.841. The number of nitrogens with zero attached hydrogens (tertiary/aromatic N) is 1. The van der Waals surface area contributed by atoms with Crippen molar-refractivity contribution in [2.45, 2.75) is 45.8 Å². The molecule has 0 saturated heterocycles. The zero-order chi connectivity index (χ0) is 23.7. The van der Waals surface area contributed by atoms with Crippen LogP contribution in [0.15, 0.2) is 54.1 Å². The second-order valence-corrected chi connectivity index (χ2v) is 8.57. The maximum Gasteiger partial charge on any atom is 0.262 e. The minimum absolute atomic E-state index is 0. The van der Waals surface area contributed by atoms with E-state index in [4.69, 9.17) is 10.5 Å². The molecule has 0 aliphatic carbocycles. The quantitative estimate of drug-likeness (QED) is 0.404. The normalized spacial score (nSPS) is 12.1. The molecule has 2 rings (SSSR count). The highest BCUT2D eigenvalue weighted by molar-refractivity contribution is 6.02. The molecule has 0 aliphatic rings. The number of halogens is 1. The second-order valence-electron chi connectivity index (χ2n) is 8.57. The number of benzene rings is 2. The van der Waals surface area contributed by atoms with Gasteiger partial charge in [0, 0.05) is 12.1 Å². The summed E-state index contributed by atoms with van der Waals surface area (Å²) >= 11 is 0. The van der Waals surface area contributed by atoms with E-state index in [0.717, 1.165) is 11.1 Å². The van der Waals surface area contributed by atoms with Crippen LogP contribution in [0.3, 0.4) is 0 Å². The Morgan fingerprint density at radius 2 is 1.85 bits per heavy atom. The topological polar surface area (TPSA) is 117 Å². The Balaban J connectivity index is 0.00000544. The van der Waals surface area contributed by atoms with Gasteiger partial charge in [-0.05, 0) is 57.0 Å². The molecule has 0 aliphatic heterocycles. The summed E-state index contributed by atoms with van der Waals surface area (Å²) in [6, 6.07) is 15.8. The lowest BCUT2D eigenvalue weighted by Gasteiger charge is -2.20. The van der Waals surface area contributed by atoms with E-state index < -0.39 is 17.5 Å². The number of nitrogens with one attached hydrogen (secondary N) is 2. The molecule has 1 unspecified atom stereocenters. The van der Waals surface area contributed by atoms with Crippen LogP contribution in [0.5, 0.6) is 5.75 Å².